The second-order valence-electron chi connectivity index (χ2n) is 5.62. The molecule has 1 saturated carbocycles. The molecule has 1 aliphatic carbocycles. The molecule has 114 valence electrons. The number of carbonyl (C=O) groups is 2. The van der Waals surface area contributed by atoms with Crippen LogP contribution < -0.4 is 10.6 Å². The van der Waals surface area contributed by atoms with Crippen LogP contribution in [0.15, 0.2) is 30.3 Å². The molecule has 0 aliphatic heterocycles. The lowest BCUT2D eigenvalue weighted by molar-refractivity contribution is -0.124. The van der Waals surface area contributed by atoms with Crippen molar-refractivity contribution in [1.82, 2.24) is 10.6 Å². The van der Waals surface area contributed by atoms with Crippen molar-refractivity contribution in [2.24, 2.45) is 0 Å². The predicted molar refractivity (Wildman–Crippen MR) is 79.6 cm³/mol. The molecule has 2 amide bonds. The van der Waals surface area contributed by atoms with Crippen molar-refractivity contribution in [3.8, 4) is 0 Å². The molecule has 2 rings (SSSR count). The lowest BCUT2D eigenvalue weighted by Crippen LogP contribution is -2.48. The van der Waals surface area contributed by atoms with Crippen molar-refractivity contribution < 1.29 is 14.7 Å². The van der Waals surface area contributed by atoms with Gasteiger partial charge in [-0.2, -0.15) is 0 Å². The minimum atomic E-state index is -0.702. The predicted octanol–water partition coefficient (Wildman–Crippen LogP) is 0.767. The first-order valence-electron chi connectivity index (χ1n) is 7.37. The van der Waals surface area contributed by atoms with Crippen LogP contribution >= 0.6 is 0 Å². The largest absolute Gasteiger partial charge is 0.388 e. The van der Waals surface area contributed by atoms with Crippen molar-refractivity contribution in [1.29, 1.82) is 0 Å². The Bertz CT molecular complexity index is 484. The highest BCUT2D eigenvalue weighted by Crippen LogP contribution is 2.30. The maximum absolute atomic E-state index is 11.7. The van der Waals surface area contributed by atoms with Gasteiger partial charge in [0.2, 0.25) is 11.8 Å². The molecule has 0 aromatic heterocycles. The van der Waals surface area contributed by atoms with Crippen molar-refractivity contribution in [3.05, 3.63) is 35.9 Å². The number of benzene rings is 1. The summed E-state index contributed by atoms with van der Waals surface area (Å²) < 4.78 is 0. The van der Waals surface area contributed by atoms with Crippen LogP contribution in [0.3, 0.4) is 0 Å². The second-order valence-corrected chi connectivity index (χ2v) is 5.62. The number of amides is 2. The molecule has 1 aliphatic rings. The number of hydrogen-bond acceptors (Lipinski definition) is 3. The van der Waals surface area contributed by atoms with E-state index in [1.165, 1.54) is 0 Å². The Morgan fingerprint density at radius 3 is 2.43 bits per heavy atom. The molecule has 0 unspecified atom stereocenters. The average molecular weight is 290 g/mol. The summed E-state index contributed by atoms with van der Waals surface area (Å²) in [6.07, 6.45) is 3.07. The van der Waals surface area contributed by atoms with Gasteiger partial charge in [0, 0.05) is 19.5 Å². The molecule has 0 spiro atoms. The highest BCUT2D eigenvalue weighted by atomic mass is 16.3. The molecule has 1 fully saturated rings. The van der Waals surface area contributed by atoms with Gasteiger partial charge in [0.1, 0.15) is 0 Å². The maximum atomic E-state index is 11.7. The number of hydrogen-bond donors (Lipinski definition) is 3. The molecule has 21 heavy (non-hydrogen) atoms. The molecule has 0 radical (unpaired) electrons. The van der Waals surface area contributed by atoms with Crippen LogP contribution in [0.25, 0.3) is 0 Å². The molecule has 3 N–H and O–H groups in total. The molecular formula is C16H22N2O3. The third kappa shape index (κ3) is 5.19. The third-order valence-electron chi connectivity index (χ3n) is 3.78. The maximum Gasteiger partial charge on any atom is 0.224 e. The lowest BCUT2D eigenvalue weighted by Gasteiger charge is -2.36. The van der Waals surface area contributed by atoms with Crippen LogP contribution in [0, 0.1) is 0 Å². The van der Waals surface area contributed by atoms with Crippen LogP contribution in [-0.2, 0) is 16.0 Å². The number of nitrogens with one attached hydrogen (secondary N) is 2. The quantitative estimate of drug-likeness (QED) is 0.694. The van der Waals surface area contributed by atoms with E-state index in [1.807, 2.05) is 30.3 Å². The average Bonchev–Trinajstić information content (AvgIpc) is 2.44. The van der Waals surface area contributed by atoms with Crippen molar-refractivity contribution in [2.45, 2.75) is 37.7 Å². The van der Waals surface area contributed by atoms with Gasteiger partial charge in [-0.05, 0) is 24.8 Å². The van der Waals surface area contributed by atoms with Crippen LogP contribution in [0.2, 0.25) is 0 Å². The zero-order valence-corrected chi connectivity index (χ0v) is 12.1. The molecule has 0 atom stereocenters. The van der Waals surface area contributed by atoms with Gasteiger partial charge in [-0.1, -0.05) is 30.3 Å². The third-order valence-corrected chi connectivity index (χ3v) is 3.78. The summed E-state index contributed by atoms with van der Waals surface area (Å²) in [4.78, 5) is 23.3. The Labute approximate surface area is 124 Å². The Hall–Kier alpha value is -1.88. The van der Waals surface area contributed by atoms with Gasteiger partial charge >= 0.3 is 0 Å². The number of carbonyl (C=O) groups excluding carboxylic acids is 2. The molecule has 5 heteroatoms. The van der Waals surface area contributed by atoms with Gasteiger partial charge in [-0.15, -0.1) is 0 Å². The topological polar surface area (TPSA) is 78.4 Å². The van der Waals surface area contributed by atoms with E-state index in [0.29, 0.717) is 19.5 Å². The summed E-state index contributed by atoms with van der Waals surface area (Å²) in [6, 6.07) is 9.47. The van der Waals surface area contributed by atoms with E-state index in [1.54, 1.807) is 0 Å². The minimum absolute atomic E-state index is 0.0911. The Morgan fingerprint density at radius 2 is 1.81 bits per heavy atom. The molecule has 0 bridgehead atoms. The first-order chi connectivity index (χ1) is 10.1. The SMILES string of the molecule is O=C(CCNC(=O)Cc1ccccc1)NCC1(O)CCC1. The molecule has 5 nitrogen and oxygen atoms in total. The fraction of sp³-hybridized carbons (Fsp3) is 0.500. The van der Waals surface area contributed by atoms with Gasteiger partial charge < -0.3 is 15.7 Å². The van der Waals surface area contributed by atoms with E-state index < -0.39 is 5.60 Å². The van der Waals surface area contributed by atoms with Gasteiger partial charge in [-0.25, -0.2) is 0 Å². The van der Waals surface area contributed by atoms with E-state index in [0.717, 1.165) is 24.8 Å². The number of rotatable bonds is 7. The van der Waals surface area contributed by atoms with E-state index in [9.17, 15) is 14.7 Å². The first-order valence-corrected chi connectivity index (χ1v) is 7.37. The van der Waals surface area contributed by atoms with Crippen molar-refractivity contribution >= 4 is 11.8 Å². The normalized spacial score (nSPS) is 15.9. The van der Waals surface area contributed by atoms with Crippen LogP contribution in [-0.4, -0.2) is 35.6 Å². The van der Waals surface area contributed by atoms with E-state index in [-0.39, 0.29) is 18.2 Å². The Morgan fingerprint density at radius 1 is 1.10 bits per heavy atom. The van der Waals surface area contributed by atoms with Crippen molar-refractivity contribution in [2.75, 3.05) is 13.1 Å². The summed E-state index contributed by atoms with van der Waals surface area (Å²) in [6.45, 7) is 0.625. The van der Waals surface area contributed by atoms with Gasteiger partial charge in [0.25, 0.3) is 0 Å². The summed E-state index contributed by atoms with van der Waals surface area (Å²) in [5, 5.41) is 15.3. The standard InChI is InChI=1S/C16H22N2O3/c19-14(18-12-16(21)8-4-9-16)7-10-17-15(20)11-13-5-2-1-3-6-13/h1-3,5-6,21H,4,7-12H2,(H,17,20)(H,18,19). The summed E-state index contributed by atoms with van der Waals surface area (Å²) in [7, 11) is 0. The van der Waals surface area contributed by atoms with E-state index in [2.05, 4.69) is 10.6 Å². The van der Waals surface area contributed by atoms with E-state index in [4.69, 9.17) is 0 Å². The molecular weight excluding hydrogens is 268 g/mol. The molecule has 0 heterocycles. The van der Waals surface area contributed by atoms with Crippen LogP contribution in [0.5, 0.6) is 0 Å². The second kappa shape index (κ2) is 7.22. The summed E-state index contributed by atoms with van der Waals surface area (Å²) in [5.74, 6) is -0.234. The van der Waals surface area contributed by atoms with Crippen LogP contribution in [0.1, 0.15) is 31.2 Å². The molecule has 0 saturated heterocycles. The Kier molecular flexibility index (Phi) is 5.33. The van der Waals surface area contributed by atoms with Crippen LogP contribution in [0.4, 0.5) is 0 Å². The zero-order valence-electron chi connectivity index (χ0n) is 12.1. The van der Waals surface area contributed by atoms with Gasteiger partial charge in [0.05, 0.1) is 12.0 Å². The minimum Gasteiger partial charge on any atom is -0.388 e. The highest BCUT2D eigenvalue weighted by Gasteiger charge is 2.34. The highest BCUT2D eigenvalue weighted by molar-refractivity contribution is 5.80. The fourth-order valence-corrected chi connectivity index (χ4v) is 2.27. The van der Waals surface area contributed by atoms with E-state index >= 15 is 0 Å². The van der Waals surface area contributed by atoms with Crippen molar-refractivity contribution in [3.63, 3.8) is 0 Å². The number of aliphatic hydroxyl groups is 1. The van der Waals surface area contributed by atoms with Gasteiger partial charge in [0.15, 0.2) is 0 Å². The first kappa shape index (κ1) is 15.5. The lowest BCUT2D eigenvalue weighted by atomic mass is 9.80. The van der Waals surface area contributed by atoms with Gasteiger partial charge in [-0.3, -0.25) is 9.59 Å². The zero-order chi connectivity index (χ0) is 15.1. The fourth-order valence-electron chi connectivity index (χ4n) is 2.27. The smallest absolute Gasteiger partial charge is 0.224 e. The molecule has 1 aromatic rings. The molecule has 1 aromatic carbocycles. The Balaban J connectivity index is 1.58. The monoisotopic (exact) mass is 290 g/mol. The summed E-state index contributed by atoms with van der Waals surface area (Å²) in [5.41, 5.74) is 0.248. The summed E-state index contributed by atoms with van der Waals surface area (Å²) >= 11 is 0.